The lowest BCUT2D eigenvalue weighted by atomic mass is 9.92. The van der Waals surface area contributed by atoms with Crippen LogP contribution in [0.25, 0.3) is 0 Å². The minimum absolute atomic E-state index is 0.0627. The number of hydrogen-bond acceptors (Lipinski definition) is 6. The first-order valence-corrected chi connectivity index (χ1v) is 14.1. The molecule has 0 aromatic carbocycles. The molecule has 3 heterocycles. The molecule has 1 amide bonds. The predicted molar refractivity (Wildman–Crippen MR) is 117 cm³/mol. The Bertz CT molecular complexity index is 723. The maximum Gasteiger partial charge on any atom is 0.356 e. The second-order valence-corrected chi connectivity index (χ2v) is 15.3. The van der Waals surface area contributed by atoms with E-state index in [1.54, 1.807) is 16.7 Å². The Balaban J connectivity index is 1.80. The predicted octanol–water partition coefficient (Wildman–Crippen LogP) is 4.05. The molecule has 2 saturated heterocycles. The summed E-state index contributed by atoms with van der Waals surface area (Å²) in [6.45, 7) is 17.3. The van der Waals surface area contributed by atoms with Crippen LogP contribution >= 0.6 is 11.8 Å². The summed E-state index contributed by atoms with van der Waals surface area (Å²) in [5, 5.41) is -0.0649. The molecular weight excluding hydrogens is 406 g/mol. The molecule has 3 rings (SSSR count). The molecule has 0 saturated carbocycles. The summed E-state index contributed by atoms with van der Waals surface area (Å²) in [4.78, 5) is 28.3. The molecule has 162 valence electrons. The lowest BCUT2D eigenvalue weighted by Crippen LogP contribution is -2.62. The summed E-state index contributed by atoms with van der Waals surface area (Å²) in [6.07, 6.45) is 3.00. The van der Waals surface area contributed by atoms with E-state index >= 15 is 0 Å². The van der Waals surface area contributed by atoms with Crippen LogP contribution in [0, 0.1) is 5.92 Å². The average Bonchev–Trinajstić information content (AvgIpc) is 3.23. The number of fused-ring (bicyclic) bond motifs is 1. The number of carbonyl (C=O) groups is 2. The Morgan fingerprint density at radius 1 is 1.45 bits per heavy atom. The second kappa shape index (κ2) is 8.21. The molecule has 3 aliphatic rings. The van der Waals surface area contributed by atoms with Crippen molar-refractivity contribution in [3.05, 3.63) is 23.3 Å². The van der Waals surface area contributed by atoms with Crippen LogP contribution in [0.1, 0.15) is 40.5 Å². The molecule has 29 heavy (non-hydrogen) atoms. The SMILES string of the molecule is C=CCOC(=O)C1=C(C2CCCO2)S[C@@H]2[C@@H]([C@@H](C)O[Si](C)(C)C(C)(C)C)C(=O)N12. The van der Waals surface area contributed by atoms with Gasteiger partial charge in [-0.1, -0.05) is 45.2 Å². The molecule has 8 heteroatoms. The quantitative estimate of drug-likeness (QED) is 0.258. The summed E-state index contributed by atoms with van der Waals surface area (Å²) >= 11 is 1.57. The van der Waals surface area contributed by atoms with Crippen molar-refractivity contribution in [1.29, 1.82) is 0 Å². The zero-order valence-corrected chi connectivity index (χ0v) is 20.1. The molecule has 0 aliphatic carbocycles. The molecule has 0 bridgehead atoms. The second-order valence-electron chi connectivity index (χ2n) is 9.43. The number of rotatable bonds is 7. The zero-order valence-electron chi connectivity index (χ0n) is 18.3. The zero-order chi connectivity index (χ0) is 21.6. The van der Waals surface area contributed by atoms with Crippen molar-refractivity contribution in [3.63, 3.8) is 0 Å². The van der Waals surface area contributed by atoms with Crippen molar-refractivity contribution in [2.75, 3.05) is 13.2 Å². The van der Waals surface area contributed by atoms with E-state index in [9.17, 15) is 9.59 Å². The Labute approximate surface area is 179 Å². The first-order valence-electron chi connectivity index (χ1n) is 10.3. The Kier molecular flexibility index (Phi) is 6.39. The maximum atomic E-state index is 13.1. The number of nitrogens with zero attached hydrogens (tertiary/aromatic N) is 1. The van der Waals surface area contributed by atoms with Crippen LogP contribution in [0.3, 0.4) is 0 Å². The van der Waals surface area contributed by atoms with E-state index in [0.29, 0.717) is 12.3 Å². The van der Waals surface area contributed by atoms with E-state index in [1.165, 1.54) is 6.08 Å². The van der Waals surface area contributed by atoms with Gasteiger partial charge in [-0.25, -0.2) is 4.79 Å². The van der Waals surface area contributed by atoms with E-state index in [1.807, 2.05) is 6.92 Å². The van der Waals surface area contributed by atoms with Gasteiger partial charge < -0.3 is 13.9 Å². The van der Waals surface area contributed by atoms with Crippen LogP contribution in [0.4, 0.5) is 0 Å². The van der Waals surface area contributed by atoms with Gasteiger partial charge in [0, 0.05) is 11.5 Å². The van der Waals surface area contributed by atoms with Crippen molar-refractivity contribution in [1.82, 2.24) is 4.90 Å². The van der Waals surface area contributed by atoms with Crippen molar-refractivity contribution >= 4 is 32.0 Å². The van der Waals surface area contributed by atoms with Gasteiger partial charge in [-0.2, -0.15) is 0 Å². The summed E-state index contributed by atoms with van der Waals surface area (Å²) in [6, 6.07) is 0. The van der Waals surface area contributed by atoms with Crippen LogP contribution in [0.15, 0.2) is 23.3 Å². The van der Waals surface area contributed by atoms with E-state index in [0.717, 1.165) is 17.7 Å². The van der Waals surface area contributed by atoms with Gasteiger partial charge in [-0.3, -0.25) is 9.69 Å². The fourth-order valence-corrected chi connectivity index (χ4v) is 6.84. The van der Waals surface area contributed by atoms with Crippen LogP contribution in [0.2, 0.25) is 18.1 Å². The molecule has 2 fully saturated rings. The molecule has 3 aliphatic heterocycles. The average molecular weight is 440 g/mol. The highest BCUT2D eigenvalue weighted by Crippen LogP contribution is 2.54. The van der Waals surface area contributed by atoms with Crippen molar-refractivity contribution in [3.8, 4) is 0 Å². The number of ether oxygens (including phenoxy) is 2. The van der Waals surface area contributed by atoms with Crippen molar-refractivity contribution < 1.29 is 23.5 Å². The van der Waals surface area contributed by atoms with Gasteiger partial charge in [0.2, 0.25) is 5.91 Å². The van der Waals surface area contributed by atoms with Gasteiger partial charge in [-0.05, 0) is 37.9 Å². The van der Waals surface area contributed by atoms with E-state index < -0.39 is 14.3 Å². The molecule has 6 nitrogen and oxygen atoms in total. The smallest absolute Gasteiger partial charge is 0.356 e. The Hall–Kier alpha value is -1.09. The third-order valence-corrected chi connectivity index (χ3v) is 12.4. The Morgan fingerprint density at radius 3 is 2.69 bits per heavy atom. The lowest BCUT2D eigenvalue weighted by molar-refractivity contribution is -0.157. The number of carbonyl (C=O) groups excluding carboxylic acids is 2. The summed E-state index contributed by atoms with van der Waals surface area (Å²) in [5.41, 5.74) is 0.356. The van der Waals surface area contributed by atoms with E-state index in [2.05, 4.69) is 40.4 Å². The highest BCUT2D eigenvalue weighted by atomic mass is 32.2. The van der Waals surface area contributed by atoms with Crippen molar-refractivity contribution in [2.24, 2.45) is 5.92 Å². The number of amides is 1. The number of β-lactam (4-membered cyclic amide) rings is 1. The number of thioether (sulfide) groups is 1. The fraction of sp³-hybridized carbons (Fsp3) is 0.714. The summed E-state index contributed by atoms with van der Waals surface area (Å²) in [7, 11) is -2.01. The first-order chi connectivity index (χ1) is 13.5. The normalized spacial score (nSPS) is 28.3. The van der Waals surface area contributed by atoms with Crippen molar-refractivity contribution in [2.45, 2.75) is 76.3 Å². The highest BCUT2D eigenvalue weighted by molar-refractivity contribution is 8.04. The molecule has 0 spiro atoms. The monoisotopic (exact) mass is 439 g/mol. The Morgan fingerprint density at radius 2 is 2.14 bits per heavy atom. The molecule has 0 aromatic heterocycles. The third kappa shape index (κ3) is 4.09. The standard InChI is InChI=1S/C21H33NO5SSi/c1-8-11-26-20(24)16-17(14-10-9-12-25-14)28-19-15(18(23)22(16)19)13(2)27-29(6,7)21(3,4)5/h8,13-15,19H,1,9-12H2,2-7H3/t13-,14?,15+,19-/m1/s1. The van der Waals surface area contributed by atoms with Gasteiger partial charge >= 0.3 is 5.97 Å². The van der Waals surface area contributed by atoms with Crippen LogP contribution in [-0.2, 0) is 23.5 Å². The number of hydrogen-bond donors (Lipinski definition) is 0. The van der Waals surface area contributed by atoms with Gasteiger partial charge in [0.25, 0.3) is 0 Å². The molecular formula is C21H33NO5SSi. The minimum atomic E-state index is -2.01. The maximum absolute atomic E-state index is 13.1. The third-order valence-electron chi connectivity index (χ3n) is 6.35. The fourth-order valence-electron chi connectivity index (χ4n) is 3.72. The molecule has 0 radical (unpaired) electrons. The summed E-state index contributed by atoms with van der Waals surface area (Å²) < 4.78 is 17.6. The van der Waals surface area contributed by atoms with E-state index in [-0.39, 0.29) is 41.1 Å². The van der Waals surface area contributed by atoms with Gasteiger partial charge in [0.05, 0.1) is 18.1 Å². The summed E-state index contributed by atoms with van der Waals surface area (Å²) in [5.74, 6) is -0.808. The lowest BCUT2D eigenvalue weighted by Gasteiger charge is -2.48. The molecule has 0 aromatic rings. The number of esters is 1. The van der Waals surface area contributed by atoms with Crippen LogP contribution in [0.5, 0.6) is 0 Å². The minimum Gasteiger partial charge on any atom is -0.457 e. The topological polar surface area (TPSA) is 65.1 Å². The van der Waals surface area contributed by atoms with Gasteiger partial charge in [-0.15, -0.1) is 0 Å². The largest absolute Gasteiger partial charge is 0.457 e. The van der Waals surface area contributed by atoms with Gasteiger partial charge in [0.1, 0.15) is 17.7 Å². The molecule has 1 unspecified atom stereocenters. The van der Waals surface area contributed by atoms with E-state index in [4.69, 9.17) is 13.9 Å². The molecule has 4 atom stereocenters. The first kappa shape index (κ1) is 22.6. The van der Waals surface area contributed by atoms with Gasteiger partial charge in [0.15, 0.2) is 8.32 Å². The van der Waals surface area contributed by atoms with Crippen LogP contribution in [-0.4, -0.2) is 55.9 Å². The highest BCUT2D eigenvalue weighted by Gasteiger charge is 2.60. The van der Waals surface area contributed by atoms with Crippen LogP contribution < -0.4 is 0 Å². The molecule has 0 N–H and O–H groups in total.